The van der Waals surface area contributed by atoms with Crippen molar-refractivity contribution in [3.05, 3.63) is 29.3 Å². The molecule has 2 heterocycles. The fourth-order valence-corrected chi connectivity index (χ4v) is 5.39. The average Bonchev–Trinajstić information content (AvgIpc) is 2.92. The number of anilines is 1. The molecular weight excluding hydrogens is 388 g/mol. The van der Waals surface area contributed by atoms with Crippen molar-refractivity contribution in [2.24, 2.45) is 0 Å². The van der Waals surface area contributed by atoms with Gasteiger partial charge in [0.15, 0.2) is 0 Å². The molecule has 1 N–H and O–H groups in total. The Morgan fingerprint density at radius 2 is 1.59 bits per heavy atom. The number of halogens is 1. The van der Waals surface area contributed by atoms with Gasteiger partial charge in [0.2, 0.25) is 5.91 Å². The number of hydrogen-bond acceptors (Lipinski definition) is 4. The van der Waals surface area contributed by atoms with Gasteiger partial charge < -0.3 is 5.32 Å². The van der Waals surface area contributed by atoms with Crippen molar-refractivity contribution in [3.8, 4) is 0 Å². The number of nitrogens with one attached hydrogen (secondary N) is 1. The number of piperazine rings is 1. The molecule has 2 saturated heterocycles. The predicted molar refractivity (Wildman–Crippen MR) is 107 cm³/mol. The lowest BCUT2D eigenvalue weighted by Gasteiger charge is -2.36. The molecule has 0 spiro atoms. The molecule has 0 aromatic heterocycles. The van der Waals surface area contributed by atoms with Crippen LogP contribution in [0.1, 0.15) is 25.7 Å². The van der Waals surface area contributed by atoms with Crippen LogP contribution in [0.15, 0.2) is 24.3 Å². The summed E-state index contributed by atoms with van der Waals surface area (Å²) >= 11 is 5.93. The van der Waals surface area contributed by atoms with Crippen molar-refractivity contribution in [1.29, 1.82) is 0 Å². The Morgan fingerprint density at radius 1 is 0.963 bits per heavy atom. The fourth-order valence-electron chi connectivity index (χ4n) is 3.52. The summed E-state index contributed by atoms with van der Waals surface area (Å²) in [5, 5.41) is 3.39. The molecule has 9 heteroatoms. The molecule has 2 aliphatic rings. The van der Waals surface area contributed by atoms with Gasteiger partial charge in [0.1, 0.15) is 0 Å². The third-order valence-electron chi connectivity index (χ3n) is 5.02. The summed E-state index contributed by atoms with van der Waals surface area (Å²) in [6, 6.07) is 7.02. The minimum absolute atomic E-state index is 0.124. The summed E-state index contributed by atoms with van der Waals surface area (Å²) < 4.78 is 28.9. The minimum Gasteiger partial charge on any atom is -0.325 e. The minimum atomic E-state index is -3.39. The van der Waals surface area contributed by atoms with Crippen LogP contribution in [0.5, 0.6) is 0 Å². The van der Waals surface area contributed by atoms with Crippen molar-refractivity contribution in [2.45, 2.75) is 25.7 Å². The Kier molecular flexibility index (Phi) is 7.10. The van der Waals surface area contributed by atoms with Crippen molar-refractivity contribution in [2.75, 3.05) is 51.1 Å². The number of amides is 1. The highest BCUT2D eigenvalue weighted by atomic mass is 35.5. The normalized spacial score (nSPS) is 20.9. The van der Waals surface area contributed by atoms with Crippen LogP contribution in [0.2, 0.25) is 5.02 Å². The number of hydrogen-bond donors (Lipinski definition) is 1. The van der Waals surface area contributed by atoms with Gasteiger partial charge in [0, 0.05) is 50.0 Å². The van der Waals surface area contributed by atoms with Gasteiger partial charge in [-0.3, -0.25) is 9.69 Å². The lowest BCUT2D eigenvalue weighted by atomic mass is 10.2. The van der Waals surface area contributed by atoms with Gasteiger partial charge in [-0.15, -0.1) is 0 Å². The molecule has 3 rings (SSSR count). The van der Waals surface area contributed by atoms with E-state index in [2.05, 4.69) is 5.32 Å². The summed E-state index contributed by atoms with van der Waals surface area (Å²) in [6.07, 6.45) is 4.06. The second-order valence-corrected chi connectivity index (χ2v) is 9.42. The quantitative estimate of drug-likeness (QED) is 0.799. The Morgan fingerprint density at radius 3 is 2.22 bits per heavy atom. The van der Waals surface area contributed by atoms with Crippen LogP contribution >= 0.6 is 11.6 Å². The molecule has 7 nitrogen and oxygen atoms in total. The van der Waals surface area contributed by atoms with Gasteiger partial charge in [-0.1, -0.05) is 30.5 Å². The van der Waals surface area contributed by atoms with Crippen LogP contribution in [-0.2, 0) is 15.0 Å². The van der Waals surface area contributed by atoms with E-state index in [1.807, 2.05) is 4.90 Å². The highest BCUT2D eigenvalue weighted by molar-refractivity contribution is 7.86. The van der Waals surface area contributed by atoms with E-state index in [0.29, 0.717) is 50.0 Å². The van der Waals surface area contributed by atoms with E-state index in [0.717, 1.165) is 25.7 Å². The van der Waals surface area contributed by atoms with Gasteiger partial charge in [-0.05, 0) is 31.0 Å². The van der Waals surface area contributed by atoms with E-state index in [4.69, 9.17) is 11.6 Å². The van der Waals surface area contributed by atoms with Gasteiger partial charge >= 0.3 is 0 Å². The fraction of sp³-hybridized carbons (Fsp3) is 0.611. The molecule has 0 bridgehead atoms. The van der Waals surface area contributed by atoms with Gasteiger partial charge in [0.05, 0.1) is 6.54 Å². The maximum absolute atomic E-state index is 12.8. The molecule has 2 fully saturated rings. The average molecular weight is 415 g/mol. The molecule has 1 aromatic carbocycles. The Bertz CT molecular complexity index is 743. The second kappa shape index (κ2) is 9.34. The van der Waals surface area contributed by atoms with E-state index in [1.165, 1.54) is 0 Å². The first kappa shape index (κ1) is 20.5. The molecule has 1 amide bonds. The molecule has 150 valence electrons. The number of carbonyl (C=O) groups excluding carboxylic acids is 1. The topological polar surface area (TPSA) is 73.0 Å². The SMILES string of the molecule is O=C(CN1CCN(S(=O)(=O)N2CCCCCC2)CC1)Nc1cccc(Cl)c1. The molecule has 0 unspecified atom stereocenters. The highest BCUT2D eigenvalue weighted by Crippen LogP contribution is 2.18. The van der Waals surface area contributed by atoms with Gasteiger partial charge in [0.25, 0.3) is 10.2 Å². The third kappa shape index (κ3) is 5.65. The summed E-state index contributed by atoms with van der Waals surface area (Å²) in [5.41, 5.74) is 0.662. The van der Waals surface area contributed by atoms with Crippen molar-refractivity contribution in [3.63, 3.8) is 0 Å². The van der Waals surface area contributed by atoms with E-state index in [9.17, 15) is 13.2 Å². The Balaban J connectivity index is 1.48. The molecule has 27 heavy (non-hydrogen) atoms. The van der Waals surface area contributed by atoms with Gasteiger partial charge in [-0.2, -0.15) is 17.0 Å². The Hall–Kier alpha value is -1.19. The molecular formula is C18H27ClN4O3S. The zero-order valence-corrected chi connectivity index (χ0v) is 17.0. The monoisotopic (exact) mass is 414 g/mol. The summed E-state index contributed by atoms with van der Waals surface area (Å²) in [6.45, 7) is 3.41. The first-order valence-corrected chi connectivity index (χ1v) is 11.3. The second-order valence-electron chi connectivity index (χ2n) is 7.05. The summed E-state index contributed by atoms with van der Waals surface area (Å²) in [4.78, 5) is 14.2. The number of benzene rings is 1. The van der Waals surface area contributed by atoms with Crippen LogP contribution < -0.4 is 5.32 Å². The van der Waals surface area contributed by atoms with E-state index < -0.39 is 10.2 Å². The van der Waals surface area contributed by atoms with Crippen molar-refractivity contribution >= 4 is 33.4 Å². The number of nitrogens with zero attached hydrogens (tertiary/aromatic N) is 3. The number of carbonyl (C=O) groups is 1. The van der Waals surface area contributed by atoms with Crippen LogP contribution in [0, 0.1) is 0 Å². The molecule has 0 saturated carbocycles. The standard InChI is InChI=1S/C18H27ClN4O3S/c19-16-6-5-7-17(14-16)20-18(24)15-21-10-12-23(13-11-21)27(25,26)22-8-3-1-2-4-9-22/h5-7,14H,1-4,8-13,15H2,(H,20,24). The zero-order chi connectivity index (χ0) is 19.3. The maximum Gasteiger partial charge on any atom is 0.282 e. The lowest BCUT2D eigenvalue weighted by molar-refractivity contribution is -0.117. The van der Waals surface area contributed by atoms with E-state index in [1.54, 1.807) is 32.9 Å². The molecule has 1 aromatic rings. The summed E-state index contributed by atoms with van der Waals surface area (Å²) in [7, 11) is -3.39. The maximum atomic E-state index is 12.8. The third-order valence-corrected chi connectivity index (χ3v) is 7.30. The van der Waals surface area contributed by atoms with Crippen LogP contribution in [0.3, 0.4) is 0 Å². The van der Waals surface area contributed by atoms with Crippen LogP contribution in [0.4, 0.5) is 5.69 Å². The van der Waals surface area contributed by atoms with E-state index in [-0.39, 0.29) is 12.5 Å². The lowest BCUT2D eigenvalue weighted by Crippen LogP contribution is -2.54. The molecule has 2 aliphatic heterocycles. The van der Waals surface area contributed by atoms with Gasteiger partial charge in [-0.25, -0.2) is 0 Å². The Labute approximate surface area is 166 Å². The van der Waals surface area contributed by atoms with Crippen molar-refractivity contribution in [1.82, 2.24) is 13.5 Å². The largest absolute Gasteiger partial charge is 0.325 e. The predicted octanol–water partition coefficient (Wildman–Crippen LogP) is 2.02. The van der Waals surface area contributed by atoms with Crippen molar-refractivity contribution < 1.29 is 13.2 Å². The first-order chi connectivity index (χ1) is 12.9. The van der Waals surface area contributed by atoms with E-state index >= 15 is 0 Å². The van der Waals surface area contributed by atoms with Crippen LogP contribution in [0.25, 0.3) is 0 Å². The van der Waals surface area contributed by atoms with Crippen LogP contribution in [-0.4, -0.2) is 73.6 Å². The molecule has 0 radical (unpaired) electrons. The molecule has 0 aliphatic carbocycles. The first-order valence-electron chi connectivity index (χ1n) is 9.48. The molecule has 0 atom stereocenters. The highest BCUT2D eigenvalue weighted by Gasteiger charge is 2.32. The summed E-state index contributed by atoms with van der Waals surface area (Å²) in [5.74, 6) is -0.124. The smallest absolute Gasteiger partial charge is 0.282 e. The number of rotatable bonds is 5. The zero-order valence-electron chi connectivity index (χ0n) is 15.4.